The summed E-state index contributed by atoms with van der Waals surface area (Å²) in [7, 11) is 0. The number of aromatic amines is 1. The van der Waals surface area contributed by atoms with E-state index in [9.17, 15) is 22.8 Å². The van der Waals surface area contributed by atoms with Gasteiger partial charge < -0.3 is 9.88 Å². The number of hydrogen-bond acceptors (Lipinski definition) is 2. The highest BCUT2D eigenvalue weighted by Gasteiger charge is 2.30. The summed E-state index contributed by atoms with van der Waals surface area (Å²) in [6.45, 7) is 0.877. The van der Waals surface area contributed by atoms with E-state index in [4.69, 9.17) is 0 Å². The second-order valence-electron chi connectivity index (χ2n) is 5.26. The number of H-pyrrole nitrogens is 1. The molecule has 2 heterocycles. The number of hydrogen-bond donors (Lipinski definition) is 1. The highest BCUT2D eigenvalue weighted by molar-refractivity contribution is 5.76. The largest absolute Gasteiger partial charge is 0.389 e. The van der Waals surface area contributed by atoms with E-state index in [0.29, 0.717) is 25.9 Å². The molecule has 0 bridgehead atoms. The Kier molecular flexibility index (Phi) is 4.69. The summed E-state index contributed by atoms with van der Waals surface area (Å²) in [5, 5.41) is 0. The molecule has 116 valence electrons. The number of rotatable bonds is 3. The average Bonchev–Trinajstić information content (AvgIpc) is 2.44. The Morgan fingerprint density at radius 2 is 2.00 bits per heavy atom. The molecule has 4 nitrogen and oxygen atoms in total. The number of nitrogens with zero attached hydrogens (tertiary/aromatic N) is 1. The predicted octanol–water partition coefficient (Wildman–Crippen LogP) is 2.42. The van der Waals surface area contributed by atoms with Crippen molar-refractivity contribution in [3.8, 4) is 0 Å². The van der Waals surface area contributed by atoms with Gasteiger partial charge in [-0.25, -0.2) is 0 Å². The van der Waals surface area contributed by atoms with E-state index in [1.165, 1.54) is 11.0 Å². The van der Waals surface area contributed by atoms with Crippen molar-refractivity contribution in [3.05, 3.63) is 34.2 Å². The van der Waals surface area contributed by atoms with Crippen LogP contribution in [0.1, 0.15) is 37.2 Å². The van der Waals surface area contributed by atoms with Crippen LogP contribution in [0.2, 0.25) is 0 Å². The standard InChI is InChI=1S/C14H17F3N2O2/c15-14(16,17)5-1-13(21)19-7-3-10(4-8-19)11-2-6-18-12(20)9-11/h2,6,9-10H,1,3-5,7-8H2,(H,18,20). The number of pyridine rings is 1. The molecule has 21 heavy (non-hydrogen) atoms. The van der Waals surface area contributed by atoms with Crippen LogP contribution >= 0.6 is 0 Å². The summed E-state index contributed by atoms with van der Waals surface area (Å²) in [6.07, 6.45) is -2.93. The normalized spacial score (nSPS) is 17.0. The Morgan fingerprint density at radius 3 is 2.57 bits per heavy atom. The maximum Gasteiger partial charge on any atom is 0.389 e. The zero-order chi connectivity index (χ0) is 15.5. The third-order valence-electron chi connectivity index (χ3n) is 3.74. The molecule has 1 aliphatic heterocycles. The molecule has 0 aromatic carbocycles. The molecular weight excluding hydrogens is 285 g/mol. The zero-order valence-electron chi connectivity index (χ0n) is 11.4. The third kappa shape index (κ3) is 4.61. The second-order valence-corrected chi connectivity index (χ2v) is 5.26. The molecule has 0 aliphatic carbocycles. The van der Waals surface area contributed by atoms with Gasteiger partial charge in [-0.05, 0) is 30.4 Å². The van der Waals surface area contributed by atoms with Crippen LogP contribution in [0.4, 0.5) is 13.2 Å². The lowest BCUT2D eigenvalue weighted by atomic mass is 9.90. The van der Waals surface area contributed by atoms with Gasteiger partial charge in [0.1, 0.15) is 0 Å². The van der Waals surface area contributed by atoms with Crippen LogP contribution in [0.15, 0.2) is 23.1 Å². The van der Waals surface area contributed by atoms with Crippen molar-refractivity contribution >= 4 is 5.91 Å². The van der Waals surface area contributed by atoms with Gasteiger partial charge in [0.2, 0.25) is 11.5 Å². The quantitative estimate of drug-likeness (QED) is 0.932. The fourth-order valence-corrected chi connectivity index (χ4v) is 2.58. The van der Waals surface area contributed by atoms with Crippen molar-refractivity contribution in [3.63, 3.8) is 0 Å². The topological polar surface area (TPSA) is 53.2 Å². The summed E-state index contributed by atoms with van der Waals surface area (Å²) < 4.78 is 36.3. The summed E-state index contributed by atoms with van der Waals surface area (Å²) in [4.78, 5) is 27.0. The molecule has 1 aromatic heterocycles. The van der Waals surface area contributed by atoms with E-state index in [1.54, 1.807) is 6.20 Å². The minimum atomic E-state index is -4.29. The Balaban J connectivity index is 1.85. The minimum absolute atomic E-state index is 0.170. The van der Waals surface area contributed by atoms with E-state index in [-0.39, 0.29) is 11.5 Å². The Bertz CT molecular complexity index is 546. The van der Waals surface area contributed by atoms with Crippen molar-refractivity contribution in [1.82, 2.24) is 9.88 Å². The summed E-state index contributed by atoms with van der Waals surface area (Å²) in [5.74, 6) is -0.268. The van der Waals surface area contributed by atoms with Crippen LogP contribution < -0.4 is 5.56 Å². The summed E-state index contributed by atoms with van der Waals surface area (Å²) >= 11 is 0. The Hall–Kier alpha value is -1.79. The smallest absolute Gasteiger partial charge is 0.343 e. The molecule has 1 N–H and O–H groups in total. The molecular formula is C14H17F3N2O2. The number of amides is 1. The lowest BCUT2D eigenvalue weighted by molar-refractivity contribution is -0.149. The van der Waals surface area contributed by atoms with E-state index < -0.39 is 24.9 Å². The first-order valence-corrected chi connectivity index (χ1v) is 6.88. The number of carbonyl (C=O) groups is 1. The fraction of sp³-hybridized carbons (Fsp3) is 0.571. The fourth-order valence-electron chi connectivity index (χ4n) is 2.58. The lowest BCUT2D eigenvalue weighted by Crippen LogP contribution is -2.38. The van der Waals surface area contributed by atoms with Gasteiger partial charge in [-0.2, -0.15) is 13.2 Å². The first kappa shape index (κ1) is 15.6. The number of alkyl halides is 3. The average molecular weight is 302 g/mol. The molecule has 7 heteroatoms. The van der Waals surface area contributed by atoms with E-state index in [2.05, 4.69) is 4.98 Å². The number of halogens is 3. The van der Waals surface area contributed by atoms with Gasteiger partial charge in [0.15, 0.2) is 0 Å². The van der Waals surface area contributed by atoms with E-state index in [1.807, 2.05) is 6.07 Å². The van der Waals surface area contributed by atoms with E-state index in [0.717, 1.165) is 5.56 Å². The predicted molar refractivity (Wildman–Crippen MR) is 70.9 cm³/mol. The maximum atomic E-state index is 12.1. The van der Waals surface area contributed by atoms with Crippen molar-refractivity contribution in [2.45, 2.75) is 37.8 Å². The van der Waals surface area contributed by atoms with E-state index >= 15 is 0 Å². The second kappa shape index (κ2) is 6.32. The molecule has 1 saturated heterocycles. The monoisotopic (exact) mass is 302 g/mol. The lowest BCUT2D eigenvalue weighted by Gasteiger charge is -2.32. The van der Waals surface area contributed by atoms with Gasteiger partial charge in [0, 0.05) is 31.8 Å². The molecule has 1 aliphatic rings. The minimum Gasteiger partial charge on any atom is -0.343 e. The molecule has 2 rings (SSSR count). The number of nitrogens with one attached hydrogen (secondary N) is 1. The number of carbonyl (C=O) groups excluding carboxylic acids is 1. The molecule has 0 radical (unpaired) electrons. The van der Waals surface area contributed by atoms with Crippen LogP contribution in [0, 0.1) is 0 Å². The number of piperidine rings is 1. The zero-order valence-corrected chi connectivity index (χ0v) is 11.4. The highest BCUT2D eigenvalue weighted by atomic mass is 19.4. The van der Waals surface area contributed by atoms with Gasteiger partial charge >= 0.3 is 6.18 Å². The summed E-state index contributed by atoms with van der Waals surface area (Å²) in [5.41, 5.74) is 0.748. The third-order valence-corrected chi connectivity index (χ3v) is 3.74. The summed E-state index contributed by atoms with van der Waals surface area (Å²) in [6, 6.07) is 3.36. The SMILES string of the molecule is O=C(CCC(F)(F)F)N1CCC(c2cc[nH]c(=O)c2)CC1. The van der Waals surface area contributed by atoms with Gasteiger partial charge in [-0.15, -0.1) is 0 Å². The van der Waals surface area contributed by atoms with Crippen molar-refractivity contribution in [2.24, 2.45) is 0 Å². The van der Waals surface area contributed by atoms with Crippen LogP contribution in [-0.4, -0.2) is 35.1 Å². The highest BCUT2D eigenvalue weighted by Crippen LogP contribution is 2.28. The molecule has 1 fully saturated rings. The van der Waals surface area contributed by atoms with Gasteiger partial charge in [-0.1, -0.05) is 0 Å². The molecule has 1 amide bonds. The van der Waals surface area contributed by atoms with Crippen molar-refractivity contribution in [2.75, 3.05) is 13.1 Å². The first-order valence-electron chi connectivity index (χ1n) is 6.88. The van der Waals surface area contributed by atoms with Crippen molar-refractivity contribution in [1.29, 1.82) is 0 Å². The molecule has 0 atom stereocenters. The van der Waals surface area contributed by atoms with Crippen LogP contribution in [0.5, 0.6) is 0 Å². The maximum absolute atomic E-state index is 12.1. The molecule has 1 aromatic rings. The van der Waals surface area contributed by atoms with Crippen LogP contribution in [0.25, 0.3) is 0 Å². The molecule has 0 unspecified atom stereocenters. The first-order chi connectivity index (χ1) is 9.85. The van der Waals surface area contributed by atoms with Crippen LogP contribution in [-0.2, 0) is 4.79 Å². The van der Waals surface area contributed by atoms with Gasteiger partial charge in [0.05, 0.1) is 6.42 Å². The van der Waals surface area contributed by atoms with Gasteiger partial charge in [-0.3, -0.25) is 9.59 Å². The molecule has 0 spiro atoms. The van der Waals surface area contributed by atoms with Crippen LogP contribution in [0.3, 0.4) is 0 Å². The number of aromatic nitrogens is 1. The Morgan fingerprint density at radius 1 is 1.33 bits per heavy atom. The van der Waals surface area contributed by atoms with Gasteiger partial charge in [0.25, 0.3) is 0 Å². The number of likely N-dealkylation sites (tertiary alicyclic amines) is 1. The molecule has 0 saturated carbocycles. The van der Waals surface area contributed by atoms with Crippen molar-refractivity contribution < 1.29 is 18.0 Å². The Labute approximate surface area is 120 Å².